The van der Waals surface area contributed by atoms with Gasteiger partial charge >= 0.3 is 6.18 Å². The molecule has 12 heteroatoms. The molecule has 0 aliphatic heterocycles. The molecule has 0 aliphatic carbocycles. The maximum Gasteiger partial charge on any atom is 0.418 e. The smallest absolute Gasteiger partial charge is 0.418 e. The number of benzene rings is 4. The van der Waals surface area contributed by atoms with Crippen LogP contribution in [0, 0.1) is 0 Å². The van der Waals surface area contributed by atoms with Crippen molar-refractivity contribution in [3.8, 4) is 11.5 Å². The number of nitrogens with one attached hydrogen (secondary N) is 3. The number of carbonyl (C=O) groups excluding carboxylic acids is 3. The van der Waals surface area contributed by atoms with E-state index in [0.29, 0.717) is 21.7 Å². The van der Waals surface area contributed by atoms with E-state index in [1.807, 2.05) is 0 Å². The molecular weight excluding hydrogens is 595 g/mol. The molecule has 0 heterocycles. The number of hydrogen-bond acceptors (Lipinski definition) is 6. The van der Waals surface area contributed by atoms with Gasteiger partial charge in [0.1, 0.15) is 17.2 Å². The molecular formula is C32H26F3N3O5S. The molecule has 8 nitrogen and oxygen atoms in total. The molecule has 0 saturated carbocycles. The van der Waals surface area contributed by atoms with Crippen LogP contribution < -0.4 is 20.7 Å². The number of phenolic OH excluding ortho intramolecular Hbond substituents is 1. The number of halogens is 3. The molecule has 4 N–H and O–H groups in total. The maximum atomic E-state index is 13.4. The summed E-state index contributed by atoms with van der Waals surface area (Å²) < 4.78 is 45.1. The lowest BCUT2D eigenvalue weighted by molar-refractivity contribution is -0.137. The Hall–Kier alpha value is -5.23. The molecule has 0 fully saturated rings. The largest absolute Gasteiger partial charge is 0.508 e. The molecule has 0 aromatic heterocycles. The molecule has 226 valence electrons. The second-order valence-corrected chi connectivity index (χ2v) is 10.2. The zero-order valence-corrected chi connectivity index (χ0v) is 24.0. The maximum absolute atomic E-state index is 13.4. The molecule has 3 amide bonds. The van der Waals surface area contributed by atoms with Gasteiger partial charge in [-0.2, -0.15) is 13.2 Å². The number of carbonyl (C=O) groups is 3. The summed E-state index contributed by atoms with van der Waals surface area (Å²) in [5.41, 5.74) is -0.349. The number of hydrogen-bond donors (Lipinski definition) is 4. The van der Waals surface area contributed by atoms with E-state index in [0.717, 1.165) is 17.8 Å². The molecule has 0 aliphatic rings. The van der Waals surface area contributed by atoms with Crippen LogP contribution >= 0.6 is 11.8 Å². The van der Waals surface area contributed by atoms with Crippen LogP contribution in [0.15, 0.2) is 108 Å². The van der Waals surface area contributed by atoms with Gasteiger partial charge in [-0.1, -0.05) is 36.4 Å². The number of alkyl halides is 3. The SMILES string of the molecule is COc1cc(O)ccc1/C=C(/NC(=O)c1ccccc1)C(=O)Nc1cccc(SCC(=O)Nc2ccccc2C(F)(F)F)c1. The fourth-order valence-electron chi connectivity index (χ4n) is 3.95. The van der Waals surface area contributed by atoms with E-state index >= 15 is 0 Å². The molecule has 4 aromatic rings. The topological polar surface area (TPSA) is 117 Å². The van der Waals surface area contributed by atoms with Gasteiger partial charge in [-0.25, -0.2) is 0 Å². The van der Waals surface area contributed by atoms with E-state index in [2.05, 4.69) is 16.0 Å². The van der Waals surface area contributed by atoms with E-state index in [1.165, 1.54) is 49.6 Å². The Morgan fingerprint density at radius 3 is 2.34 bits per heavy atom. The van der Waals surface area contributed by atoms with Gasteiger partial charge in [-0.15, -0.1) is 11.8 Å². The standard InChI is InChI=1S/C32H26F3N3O5S/c1-43-28-18-23(39)15-14-21(28)16-27(38-30(41)20-8-3-2-4-9-20)31(42)36-22-10-7-11-24(17-22)44-19-29(40)37-26-13-6-5-12-25(26)32(33,34)35/h2-18,39H,19H2,1H3,(H,36,42)(H,37,40)(H,38,41)/b27-16+. The summed E-state index contributed by atoms with van der Waals surface area (Å²) in [7, 11) is 1.40. The molecule has 0 bridgehead atoms. The van der Waals surface area contributed by atoms with Crippen molar-refractivity contribution in [3.05, 3.63) is 119 Å². The Morgan fingerprint density at radius 2 is 1.61 bits per heavy atom. The Kier molecular flexibility index (Phi) is 10.3. The predicted octanol–water partition coefficient (Wildman–Crippen LogP) is 6.56. The van der Waals surface area contributed by atoms with Gasteiger partial charge in [-0.05, 0) is 60.7 Å². The number of para-hydroxylation sites is 1. The third-order valence-electron chi connectivity index (χ3n) is 6.01. The van der Waals surface area contributed by atoms with Crippen LogP contribution in [0.3, 0.4) is 0 Å². The van der Waals surface area contributed by atoms with Crippen LogP contribution in [0.25, 0.3) is 6.08 Å². The summed E-state index contributed by atoms with van der Waals surface area (Å²) >= 11 is 1.06. The fraction of sp³-hybridized carbons (Fsp3) is 0.0938. The lowest BCUT2D eigenvalue weighted by Gasteiger charge is -2.14. The third kappa shape index (κ3) is 8.65. The number of rotatable bonds is 10. The minimum Gasteiger partial charge on any atom is -0.508 e. The first-order chi connectivity index (χ1) is 21.0. The second-order valence-electron chi connectivity index (χ2n) is 9.17. The molecule has 44 heavy (non-hydrogen) atoms. The predicted molar refractivity (Wildman–Crippen MR) is 162 cm³/mol. The zero-order valence-electron chi connectivity index (χ0n) is 23.1. The molecule has 0 saturated heterocycles. The highest BCUT2D eigenvalue weighted by Gasteiger charge is 2.33. The van der Waals surface area contributed by atoms with E-state index in [1.54, 1.807) is 54.6 Å². The summed E-state index contributed by atoms with van der Waals surface area (Å²) in [5.74, 6) is -1.83. The molecule has 0 radical (unpaired) electrons. The molecule has 4 aromatic carbocycles. The van der Waals surface area contributed by atoms with Gasteiger partial charge in [0.15, 0.2) is 0 Å². The van der Waals surface area contributed by atoms with Gasteiger partial charge < -0.3 is 25.8 Å². The molecule has 0 atom stereocenters. The number of amides is 3. The summed E-state index contributed by atoms with van der Waals surface area (Å²) in [6.07, 6.45) is -3.22. The minimum atomic E-state index is -4.62. The van der Waals surface area contributed by atoms with Crippen LogP contribution in [0.4, 0.5) is 24.5 Å². The van der Waals surface area contributed by atoms with E-state index in [-0.39, 0.29) is 28.6 Å². The van der Waals surface area contributed by atoms with Crippen molar-refractivity contribution in [3.63, 3.8) is 0 Å². The van der Waals surface area contributed by atoms with Gasteiger partial charge in [0.2, 0.25) is 5.91 Å². The average molecular weight is 622 g/mol. The van der Waals surface area contributed by atoms with E-state index in [4.69, 9.17) is 4.74 Å². The Balaban J connectivity index is 1.49. The van der Waals surface area contributed by atoms with Gasteiger partial charge in [0.05, 0.1) is 24.1 Å². The highest BCUT2D eigenvalue weighted by Crippen LogP contribution is 2.35. The highest BCUT2D eigenvalue weighted by atomic mass is 32.2. The Labute approximate surface area is 254 Å². The average Bonchev–Trinajstić information content (AvgIpc) is 3.00. The lowest BCUT2D eigenvalue weighted by atomic mass is 10.1. The van der Waals surface area contributed by atoms with Gasteiger partial charge in [-0.3, -0.25) is 14.4 Å². The summed E-state index contributed by atoms with van der Waals surface area (Å²) in [4.78, 5) is 39.3. The van der Waals surface area contributed by atoms with Crippen molar-refractivity contribution in [2.75, 3.05) is 23.5 Å². The first kappa shape index (κ1) is 31.7. The van der Waals surface area contributed by atoms with Crippen LogP contribution in [-0.4, -0.2) is 35.7 Å². The van der Waals surface area contributed by atoms with Crippen molar-refractivity contribution < 1.29 is 37.4 Å². The number of ether oxygens (including phenoxy) is 1. The van der Waals surface area contributed by atoms with Crippen molar-refractivity contribution in [1.82, 2.24) is 5.32 Å². The minimum absolute atomic E-state index is 0.0501. The first-order valence-electron chi connectivity index (χ1n) is 13.0. The third-order valence-corrected chi connectivity index (χ3v) is 7.01. The molecule has 0 spiro atoms. The lowest BCUT2D eigenvalue weighted by Crippen LogP contribution is -2.30. The van der Waals surface area contributed by atoms with Crippen LogP contribution in [0.1, 0.15) is 21.5 Å². The molecule has 0 unspecified atom stereocenters. The summed E-state index contributed by atoms with van der Waals surface area (Å²) in [5, 5.41) is 17.4. The zero-order chi connectivity index (χ0) is 31.7. The van der Waals surface area contributed by atoms with Crippen molar-refractivity contribution in [2.45, 2.75) is 11.1 Å². The number of aromatic hydroxyl groups is 1. The van der Waals surface area contributed by atoms with Crippen molar-refractivity contribution >= 4 is 46.9 Å². The normalized spacial score (nSPS) is 11.4. The first-order valence-corrected chi connectivity index (χ1v) is 14.0. The number of phenols is 1. The van der Waals surface area contributed by atoms with E-state index < -0.39 is 29.5 Å². The van der Waals surface area contributed by atoms with Crippen molar-refractivity contribution in [2.24, 2.45) is 0 Å². The van der Waals surface area contributed by atoms with Gasteiger partial charge in [0.25, 0.3) is 11.8 Å². The summed E-state index contributed by atoms with van der Waals surface area (Å²) in [6.45, 7) is 0. The fourth-order valence-corrected chi connectivity index (χ4v) is 4.71. The number of thioether (sulfide) groups is 1. The quantitative estimate of drug-likeness (QED) is 0.118. The van der Waals surface area contributed by atoms with Crippen LogP contribution in [0.2, 0.25) is 0 Å². The van der Waals surface area contributed by atoms with Crippen LogP contribution in [-0.2, 0) is 15.8 Å². The highest BCUT2D eigenvalue weighted by molar-refractivity contribution is 8.00. The van der Waals surface area contributed by atoms with Crippen molar-refractivity contribution in [1.29, 1.82) is 0 Å². The monoisotopic (exact) mass is 621 g/mol. The van der Waals surface area contributed by atoms with Gasteiger partial charge in [0, 0.05) is 27.8 Å². The number of anilines is 2. The number of methoxy groups -OCH3 is 1. The summed E-state index contributed by atoms with van der Waals surface area (Å²) in [6, 6.07) is 23.7. The Bertz CT molecular complexity index is 1690. The van der Waals surface area contributed by atoms with Crippen LogP contribution in [0.5, 0.6) is 11.5 Å². The van der Waals surface area contributed by atoms with E-state index in [9.17, 15) is 32.7 Å². The molecule has 4 rings (SSSR count). The Morgan fingerprint density at radius 1 is 0.886 bits per heavy atom. The second kappa shape index (κ2) is 14.3.